The summed E-state index contributed by atoms with van der Waals surface area (Å²) in [6.07, 6.45) is 5.34. The number of carbonyl (C=O) groups is 1. The maximum absolute atomic E-state index is 11.9. The van der Waals surface area contributed by atoms with Gasteiger partial charge in [0, 0.05) is 6.54 Å². The molecule has 2 N–H and O–H groups in total. The highest BCUT2D eigenvalue weighted by atomic mass is 16.5. The van der Waals surface area contributed by atoms with Crippen molar-refractivity contribution in [1.82, 2.24) is 5.32 Å². The molecule has 0 saturated heterocycles. The highest BCUT2D eigenvalue weighted by Gasteiger charge is 2.38. The first-order valence-corrected chi connectivity index (χ1v) is 7.41. The third kappa shape index (κ3) is 4.46. The first kappa shape index (κ1) is 16.4. The number of methoxy groups -OCH3 is 1. The van der Waals surface area contributed by atoms with Gasteiger partial charge in [0.05, 0.1) is 12.7 Å². The van der Waals surface area contributed by atoms with Crippen molar-refractivity contribution in [3.05, 3.63) is 0 Å². The van der Waals surface area contributed by atoms with Gasteiger partial charge in [-0.1, -0.05) is 20.3 Å². The van der Waals surface area contributed by atoms with E-state index < -0.39 is 11.1 Å². The summed E-state index contributed by atoms with van der Waals surface area (Å²) in [7, 11) is 1.41. The van der Waals surface area contributed by atoms with E-state index in [1.165, 1.54) is 7.11 Å². The molecule has 0 spiro atoms. The van der Waals surface area contributed by atoms with Gasteiger partial charge in [-0.25, -0.2) is 0 Å². The summed E-state index contributed by atoms with van der Waals surface area (Å²) < 4.78 is 4.87. The smallest absolute Gasteiger partial charge is 0.325 e. The maximum Gasteiger partial charge on any atom is 0.325 e. The van der Waals surface area contributed by atoms with Crippen molar-refractivity contribution in [3.63, 3.8) is 0 Å². The summed E-state index contributed by atoms with van der Waals surface area (Å²) in [6, 6.07) is 0. The van der Waals surface area contributed by atoms with Gasteiger partial charge in [-0.2, -0.15) is 0 Å². The lowest BCUT2D eigenvalue weighted by Gasteiger charge is -2.38. The van der Waals surface area contributed by atoms with Crippen LogP contribution in [0.2, 0.25) is 0 Å². The zero-order valence-electron chi connectivity index (χ0n) is 12.8. The van der Waals surface area contributed by atoms with E-state index in [0.29, 0.717) is 18.9 Å². The molecule has 4 nitrogen and oxygen atoms in total. The second-order valence-corrected chi connectivity index (χ2v) is 6.33. The SMILES string of the molecule is CCCC(C)(NCC1(O)CCC(C)CC1)C(=O)OC. The Kier molecular flexibility index (Phi) is 5.81. The number of hydrogen-bond acceptors (Lipinski definition) is 4. The van der Waals surface area contributed by atoms with Crippen LogP contribution in [0, 0.1) is 5.92 Å². The summed E-state index contributed by atoms with van der Waals surface area (Å²) in [5.74, 6) is 0.449. The molecule has 0 amide bonds. The Bertz CT molecular complexity index is 298. The molecule has 1 fully saturated rings. The van der Waals surface area contributed by atoms with Crippen molar-refractivity contribution >= 4 is 5.97 Å². The number of aliphatic hydroxyl groups is 1. The molecule has 1 rings (SSSR count). The van der Waals surface area contributed by atoms with Crippen molar-refractivity contribution < 1.29 is 14.6 Å². The second-order valence-electron chi connectivity index (χ2n) is 6.33. The molecule has 1 aliphatic carbocycles. The van der Waals surface area contributed by atoms with E-state index in [-0.39, 0.29) is 5.97 Å². The number of hydrogen-bond donors (Lipinski definition) is 2. The van der Waals surface area contributed by atoms with Gasteiger partial charge < -0.3 is 9.84 Å². The van der Waals surface area contributed by atoms with Crippen molar-refractivity contribution in [3.8, 4) is 0 Å². The summed E-state index contributed by atoms with van der Waals surface area (Å²) in [6.45, 7) is 6.59. The van der Waals surface area contributed by atoms with Crippen LogP contribution < -0.4 is 5.32 Å². The minimum absolute atomic E-state index is 0.248. The summed E-state index contributed by atoms with van der Waals surface area (Å²) in [5.41, 5.74) is -1.36. The van der Waals surface area contributed by atoms with Crippen LogP contribution in [0.3, 0.4) is 0 Å². The van der Waals surface area contributed by atoms with E-state index in [1.807, 2.05) is 13.8 Å². The molecule has 0 radical (unpaired) electrons. The average molecular weight is 271 g/mol. The largest absolute Gasteiger partial charge is 0.468 e. The van der Waals surface area contributed by atoms with Crippen LogP contribution in [0.15, 0.2) is 0 Å². The van der Waals surface area contributed by atoms with E-state index in [4.69, 9.17) is 4.74 Å². The molecule has 0 heterocycles. The van der Waals surface area contributed by atoms with Crippen molar-refractivity contribution in [2.24, 2.45) is 5.92 Å². The first-order chi connectivity index (χ1) is 8.85. The third-order valence-corrected chi connectivity index (χ3v) is 4.40. The summed E-state index contributed by atoms with van der Waals surface area (Å²) >= 11 is 0. The van der Waals surface area contributed by atoms with Crippen LogP contribution in [0.25, 0.3) is 0 Å². The van der Waals surface area contributed by atoms with Gasteiger partial charge in [-0.15, -0.1) is 0 Å². The molecule has 0 aliphatic heterocycles. The van der Waals surface area contributed by atoms with Crippen LogP contribution in [-0.2, 0) is 9.53 Å². The maximum atomic E-state index is 11.9. The number of carbonyl (C=O) groups excluding carboxylic acids is 1. The predicted molar refractivity (Wildman–Crippen MR) is 75.9 cm³/mol. The van der Waals surface area contributed by atoms with Crippen LogP contribution in [0.1, 0.15) is 59.3 Å². The quantitative estimate of drug-likeness (QED) is 0.727. The zero-order chi connectivity index (χ0) is 14.5. The molecule has 4 heteroatoms. The van der Waals surface area contributed by atoms with E-state index in [0.717, 1.165) is 32.1 Å². The Morgan fingerprint density at radius 3 is 2.53 bits per heavy atom. The van der Waals surface area contributed by atoms with Gasteiger partial charge >= 0.3 is 5.97 Å². The van der Waals surface area contributed by atoms with E-state index in [9.17, 15) is 9.90 Å². The molecular weight excluding hydrogens is 242 g/mol. The lowest BCUT2D eigenvalue weighted by atomic mass is 9.79. The Hall–Kier alpha value is -0.610. The van der Waals surface area contributed by atoms with Gasteiger partial charge in [0.25, 0.3) is 0 Å². The van der Waals surface area contributed by atoms with E-state index >= 15 is 0 Å². The van der Waals surface area contributed by atoms with Crippen LogP contribution in [-0.4, -0.2) is 35.9 Å². The lowest BCUT2D eigenvalue weighted by molar-refractivity contribution is -0.148. The highest BCUT2D eigenvalue weighted by molar-refractivity contribution is 5.80. The molecule has 19 heavy (non-hydrogen) atoms. The number of esters is 1. The van der Waals surface area contributed by atoms with Crippen molar-refractivity contribution in [1.29, 1.82) is 0 Å². The van der Waals surface area contributed by atoms with E-state index in [1.54, 1.807) is 0 Å². The topological polar surface area (TPSA) is 58.6 Å². The summed E-state index contributed by atoms with van der Waals surface area (Å²) in [4.78, 5) is 11.9. The molecule has 1 aliphatic rings. The standard InChI is InChI=1S/C15H29NO3/c1-5-8-14(3,13(17)19-4)16-11-15(18)9-6-12(2)7-10-15/h12,16,18H,5-11H2,1-4H3. The molecule has 1 saturated carbocycles. The lowest BCUT2D eigenvalue weighted by Crippen LogP contribution is -2.56. The molecule has 1 atom stereocenters. The number of ether oxygens (including phenoxy) is 1. The second kappa shape index (κ2) is 6.71. The van der Waals surface area contributed by atoms with Crippen molar-refractivity contribution in [2.75, 3.05) is 13.7 Å². The van der Waals surface area contributed by atoms with Crippen LogP contribution in [0.5, 0.6) is 0 Å². The van der Waals surface area contributed by atoms with Gasteiger partial charge in [-0.3, -0.25) is 10.1 Å². The third-order valence-electron chi connectivity index (χ3n) is 4.40. The number of β-amino-alcohol motifs (C(OH)–C–C–N with tert-alkyl or cyclic N) is 1. The normalized spacial score (nSPS) is 30.7. The average Bonchev–Trinajstić information content (AvgIpc) is 2.40. The van der Waals surface area contributed by atoms with Gasteiger partial charge in [-0.05, 0) is 44.9 Å². The molecule has 0 aromatic rings. The predicted octanol–water partition coefficient (Wildman–Crippen LogP) is 2.25. The molecular formula is C15H29NO3. The molecule has 112 valence electrons. The molecule has 0 bridgehead atoms. The van der Waals surface area contributed by atoms with Gasteiger partial charge in [0.15, 0.2) is 0 Å². The fraction of sp³-hybridized carbons (Fsp3) is 0.933. The van der Waals surface area contributed by atoms with Gasteiger partial charge in [0.1, 0.15) is 5.54 Å². The van der Waals surface area contributed by atoms with Crippen LogP contribution >= 0.6 is 0 Å². The van der Waals surface area contributed by atoms with E-state index in [2.05, 4.69) is 12.2 Å². The molecule has 0 aromatic carbocycles. The number of nitrogens with one attached hydrogen (secondary N) is 1. The Morgan fingerprint density at radius 2 is 2.05 bits per heavy atom. The highest BCUT2D eigenvalue weighted by Crippen LogP contribution is 2.32. The Labute approximate surface area is 116 Å². The van der Waals surface area contributed by atoms with Crippen LogP contribution in [0.4, 0.5) is 0 Å². The molecule has 1 unspecified atom stereocenters. The van der Waals surface area contributed by atoms with Gasteiger partial charge in [0.2, 0.25) is 0 Å². The van der Waals surface area contributed by atoms with Crippen molar-refractivity contribution in [2.45, 2.75) is 70.4 Å². The fourth-order valence-corrected chi connectivity index (χ4v) is 2.82. The fourth-order valence-electron chi connectivity index (χ4n) is 2.82. The minimum Gasteiger partial charge on any atom is -0.468 e. The molecule has 0 aromatic heterocycles. The first-order valence-electron chi connectivity index (χ1n) is 7.41. The number of rotatable bonds is 6. The Morgan fingerprint density at radius 1 is 1.47 bits per heavy atom. The summed E-state index contributed by atoms with van der Waals surface area (Å²) in [5, 5.41) is 13.8. The zero-order valence-corrected chi connectivity index (χ0v) is 12.8. The minimum atomic E-state index is -0.692. The monoisotopic (exact) mass is 271 g/mol. The Balaban J connectivity index is 2.58.